The third-order valence-corrected chi connectivity index (χ3v) is 3.87. The van der Waals surface area contributed by atoms with Crippen molar-refractivity contribution in [3.8, 4) is 0 Å². The Labute approximate surface area is 98.8 Å². The maximum Gasteiger partial charge on any atom is 0.310 e. The summed E-state index contributed by atoms with van der Waals surface area (Å²) in [5, 5.41) is 9.16. The molecule has 94 valence electrons. The van der Waals surface area contributed by atoms with Crippen molar-refractivity contribution in [2.45, 2.75) is 58.9 Å². The Hall–Kier alpha value is -0.570. The summed E-state index contributed by atoms with van der Waals surface area (Å²) in [4.78, 5) is 13.5. The molecule has 3 heteroatoms. The number of unbranched alkanes of at least 4 members (excludes halogenated alkanes) is 2. The Morgan fingerprint density at radius 1 is 1.50 bits per heavy atom. The van der Waals surface area contributed by atoms with Crippen molar-refractivity contribution in [1.82, 2.24) is 4.90 Å². The molecule has 16 heavy (non-hydrogen) atoms. The highest BCUT2D eigenvalue weighted by molar-refractivity contribution is 5.74. The van der Waals surface area contributed by atoms with Crippen LogP contribution in [-0.4, -0.2) is 35.1 Å². The van der Waals surface area contributed by atoms with E-state index in [0.717, 1.165) is 19.5 Å². The Morgan fingerprint density at radius 3 is 2.69 bits per heavy atom. The molecule has 1 N–H and O–H groups in total. The van der Waals surface area contributed by atoms with Gasteiger partial charge in [0.1, 0.15) is 0 Å². The first-order chi connectivity index (χ1) is 7.49. The summed E-state index contributed by atoms with van der Waals surface area (Å²) in [5.41, 5.74) is -0.515. The Kier molecular flexibility index (Phi) is 4.78. The van der Waals surface area contributed by atoms with Gasteiger partial charge in [-0.3, -0.25) is 9.69 Å². The Bertz CT molecular complexity index is 242. The van der Waals surface area contributed by atoms with E-state index in [1.807, 2.05) is 6.92 Å². The molecule has 1 fully saturated rings. The van der Waals surface area contributed by atoms with Crippen molar-refractivity contribution < 1.29 is 9.90 Å². The fraction of sp³-hybridized carbons (Fsp3) is 0.923. The molecule has 1 heterocycles. The summed E-state index contributed by atoms with van der Waals surface area (Å²) in [7, 11) is 0. The van der Waals surface area contributed by atoms with Crippen molar-refractivity contribution in [3.05, 3.63) is 0 Å². The van der Waals surface area contributed by atoms with Crippen molar-refractivity contribution in [2.24, 2.45) is 5.41 Å². The Morgan fingerprint density at radius 2 is 2.19 bits per heavy atom. The molecule has 2 atom stereocenters. The van der Waals surface area contributed by atoms with Gasteiger partial charge < -0.3 is 5.11 Å². The van der Waals surface area contributed by atoms with Gasteiger partial charge in [0, 0.05) is 12.6 Å². The summed E-state index contributed by atoms with van der Waals surface area (Å²) in [6, 6.07) is 0.535. The zero-order valence-electron chi connectivity index (χ0n) is 10.8. The molecule has 0 aliphatic carbocycles. The van der Waals surface area contributed by atoms with Crippen LogP contribution in [0.15, 0.2) is 0 Å². The molecule has 0 saturated carbocycles. The van der Waals surface area contributed by atoms with Crippen molar-refractivity contribution >= 4 is 5.97 Å². The first-order valence-corrected chi connectivity index (χ1v) is 6.47. The van der Waals surface area contributed by atoms with E-state index in [-0.39, 0.29) is 0 Å². The zero-order chi connectivity index (χ0) is 12.2. The third-order valence-electron chi connectivity index (χ3n) is 3.87. The van der Waals surface area contributed by atoms with Gasteiger partial charge in [0.25, 0.3) is 0 Å². The molecule has 3 nitrogen and oxygen atoms in total. The summed E-state index contributed by atoms with van der Waals surface area (Å²) >= 11 is 0. The van der Waals surface area contributed by atoms with Gasteiger partial charge in [0.15, 0.2) is 0 Å². The average Bonchev–Trinajstić information content (AvgIpc) is 2.63. The molecule has 2 unspecified atom stereocenters. The van der Waals surface area contributed by atoms with Crippen LogP contribution >= 0.6 is 0 Å². The van der Waals surface area contributed by atoms with Gasteiger partial charge in [-0.1, -0.05) is 26.2 Å². The van der Waals surface area contributed by atoms with E-state index < -0.39 is 11.4 Å². The predicted octanol–water partition coefficient (Wildman–Crippen LogP) is 2.75. The number of nitrogens with zero attached hydrogens (tertiary/aromatic N) is 1. The molecule has 1 rings (SSSR count). The maximum atomic E-state index is 11.1. The molecular weight excluding hydrogens is 202 g/mol. The van der Waals surface area contributed by atoms with E-state index in [4.69, 9.17) is 5.11 Å². The molecule has 0 radical (unpaired) electrons. The lowest BCUT2D eigenvalue weighted by Crippen LogP contribution is -2.36. The van der Waals surface area contributed by atoms with Crippen LogP contribution in [0.3, 0.4) is 0 Å². The normalized spacial score (nSPS) is 28.2. The van der Waals surface area contributed by atoms with Gasteiger partial charge in [-0.2, -0.15) is 0 Å². The second-order valence-corrected chi connectivity index (χ2v) is 5.43. The summed E-state index contributed by atoms with van der Waals surface area (Å²) in [6.07, 6.45) is 5.79. The molecule has 1 aliphatic heterocycles. The second kappa shape index (κ2) is 5.67. The number of aliphatic carboxylic acids is 1. The minimum absolute atomic E-state index is 0.515. The van der Waals surface area contributed by atoms with Gasteiger partial charge in [-0.15, -0.1) is 0 Å². The van der Waals surface area contributed by atoms with Crippen LogP contribution in [-0.2, 0) is 4.79 Å². The van der Waals surface area contributed by atoms with E-state index in [2.05, 4.69) is 18.7 Å². The number of carboxylic acid groups (broad SMARTS) is 1. The number of likely N-dealkylation sites (tertiary alicyclic amines) is 1. The standard InChI is InChI=1S/C13H25NO2/c1-4-5-6-7-11(2)14-9-8-13(3,10-14)12(15)16/h11H,4-10H2,1-3H3,(H,15,16). The molecule has 0 bridgehead atoms. The van der Waals surface area contributed by atoms with Crippen molar-refractivity contribution in [3.63, 3.8) is 0 Å². The smallest absolute Gasteiger partial charge is 0.310 e. The zero-order valence-corrected chi connectivity index (χ0v) is 10.8. The predicted molar refractivity (Wildman–Crippen MR) is 65.5 cm³/mol. The van der Waals surface area contributed by atoms with Gasteiger partial charge in [-0.25, -0.2) is 0 Å². The lowest BCUT2D eigenvalue weighted by atomic mass is 9.90. The van der Waals surface area contributed by atoms with Gasteiger partial charge in [0.2, 0.25) is 0 Å². The van der Waals surface area contributed by atoms with Gasteiger partial charge >= 0.3 is 5.97 Å². The first kappa shape index (κ1) is 13.5. The number of hydrogen-bond donors (Lipinski definition) is 1. The third kappa shape index (κ3) is 3.21. The van der Waals surface area contributed by atoms with Crippen LogP contribution < -0.4 is 0 Å². The van der Waals surface area contributed by atoms with Crippen LogP contribution in [0.4, 0.5) is 0 Å². The summed E-state index contributed by atoms with van der Waals surface area (Å²) < 4.78 is 0. The lowest BCUT2D eigenvalue weighted by Gasteiger charge is -2.26. The van der Waals surface area contributed by atoms with Gasteiger partial charge in [0.05, 0.1) is 5.41 Å². The van der Waals surface area contributed by atoms with E-state index in [9.17, 15) is 4.79 Å². The molecule has 0 aromatic rings. The molecule has 1 aliphatic rings. The largest absolute Gasteiger partial charge is 0.481 e. The quantitative estimate of drug-likeness (QED) is 0.709. The fourth-order valence-electron chi connectivity index (χ4n) is 2.42. The van der Waals surface area contributed by atoms with Crippen LogP contribution in [0.5, 0.6) is 0 Å². The van der Waals surface area contributed by atoms with Crippen LogP contribution in [0.2, 0.25) is 0 Å². The van der Waals surface area contributed by atoms with Crippen LogP contribution in [0.1, 0.15) is 52.9 Å². The topological polar surface area (TPSA) is 40.5 Å². The van der Waals surface area contributed by atoms with Crippen molar-refractivity contribution in [1.29, 1.82) is 0 Å². The monoisotopic (exact) mass is 227 g/mol. The maximum absolute atomic E-state index is 11.1. The first-order valence-electron chi connectivity index (χ1n) is 6.47. The van der Waals surface area contributed by atoms with Crippen molar-refractivity contribution in [2.75, 3.05) is 13.1 Å². The summed E-state index contributed by atoms with van der Waals surface area (Å²) in [6.45, 7) is 7.96. The highest BCUT2D eigenvalue weighted by Crippen LogP contribution is 2.32. The Balaban J connectivity index is 2.37. The molecule has 0 aromatic heterocycles. The number of carbonyl (C=O) groups is 1. The number of hydrogen-bond acceptors (Lipinski definition) is 2. The molecule has 1 saturated heterocycles. The SMILES string of the molecule is CCCCCC(C)N1CCC(C)(C(=O)O)C1. The second-order valence-electron chi connectivity index (χ2n) is 5.43. The van der Waals surface area contributed by atoms with Crippen LogP contribution in [0.25, 0.3) is 0 Å². The lowest BCUT2D eigenvalue weighted by molar-refractivity contribution is -0.147. The highest BCUT2D eigenvalue weighted by Gasteiger charge is 2.41. The van der Waals surface area contributed by atoms with E-state index in [1.54, 1.807) is 0 Å². The molecule has 0 amide bonds. The molecular formula is C13H25NO2. The summed E-state index contributed by atoms with van der Waals surface area (Å²) in [5.74, 6) is -0.643. The van der Waals surface area contributed by atoms with E-state index in [0.29, 0.717) is 6.04 Å². The highest BCUT2D eigenvalue weighted by atomic mass is 16.4. The average molecular weight is 227 g/mol. The van der Waals surface area contributed by atoms with E-state index in [1.165, 1.54) is 25.7 Å². The fourth-order valence-corrected chi connectivity index (χ4v) is 2.42. The molecule has 0 spiro atoms. The number of rotatable bonds is 6. The minimum Gasteiger partial charge on any atom is -0.481 e. The molecule has 0 aromatic carbocycles. The van der Waals surface area contributed by atoms with Gasteiger partial charge in [-0.05, 0) is 33.2 Å². The van der Waals surface area contributed by atoms with E-state index >= 15 is 0 Å². The van der Waals surface area contributed by atoms with Crippen LogP contribution in [0, 0.1) is 5.41 Å². The minimum atomic E-state index is -0.643. The number of carboxylic acids is 1.